The van der Waals surface area contributed by atoms with Crippen LogP contribution in [0.5, 0.6) is 11.5 Å². The zero-order valence-corrected chi connectivity index (χ0v) is 14.6. The standard InChI is InChI=1S/C19H20N4O3/c1-2-10-23-17(22-14-4-3-9-20-19(14)23)7-8-18(24)21-13-5-6-15-16(11-13)26-12-25-15/h3-6,9,11H,2,7-8,10,12H2,1H3,(H,21,24). The Hall–Kier alpha value is -3.09. The van der Waals surface area contributed by atoms with Gasteiger partial charge in [0.05, 0.1) is 0 Å². The number of hydrogen-bond donors (Lipinski definition) is 1. The van der Waals surface area contributed by atoms with Gasteiger partial charge in [-0.05, 0) is 30.7 Å². The smallest absolute Gasteiger partial charge is 0.231 e. The van der Waals surface area contributed by atoms with E-state index >= 15 is 0 Å². The molecule has 0 radical (unpaired) electrons. The number of nitrogens with zero attached hydrogens (tertiary/aromatic N) is 3. The normalized spacial score (nSPS) is 12.5. The summed E-state index contributed by atoms with van der Waals surface area (Å²) in [5.41, 5.74) is 2.44. The van der Waals surface area contributed by atoms with Gasteiger partial charge in [-0.1, -0.05) is 6.92 Å². The molecule has 0 aliphatic carbocycles. The molecule has 4 rings (SSSR count). The fraction of sp³-hybridized carbons (Fsp3) is 0.316. The zero-order chi connectivity index (χ0) is 17.9. The molecule has 1 aromatic carbocycles. The first-order chi connectivity index (χ1) is 12.7. The molecule has 2 aromatic heterocycles. The molecule has 1 amide bonds. The van der Waals surface area contributed by atoms with Crippen LogP contribution in [-0.2, 0) is 17.8 Å². The summed E-state index contributed by atoms with van der Waals surface area (Å²) in [6, 6.07) is 9.20. The monoisotopic (exact) mass is 352 g/mol. The van der Waals surface area contributed by atoms with Crippen LogP contribution in [0.1, 0.15) is 25.6 Å². The van der Waals surface area contributed by atoms with Crippen LogP contribution in [-0.4, -0.2) is 27.2 Å². The van der Waals surface area contributed by atoms with Crippen LogP contribution in [0.4, 0.5) is 5.69 Å². The van der Waals surface area contributed by atoms with Gasteiger partial charge < -0.3 is 19.4 Å². The second-order valence-corrected chi connectivity index (χ2v) is 6.14. The zero-order valence-electron chi connectivity index (χ0n) is 14.6. The Bertz CT molecular complexity index is 951. The van der Waals surface area contributed by atoms with Gasteiger partial charge in [0.2, 0.25) is 12.7 Å². The van der Waals surface area contributed by atoms with Crippen molar-refractivity contribution in [1.29, 1.82) is 0 Å². The molecule has 0 spiro atoms. The molecule has 0 saturated heterocycles. The first-order valence-corrected chi connectivity index (χ1v) is 8.74. The lowest BCUT2D eigenvalue weighted by molar-refractivity contribution is -0.116. The van der Waals surface area contributed by atoms with E-state index in [2.05, 4.69) is 26.8 Å². The molecule has 1 N–H and O–H groups in total. The van der Waals surface area contributed by atoms with Gasteiger partial charge in [0, 0.05) is 37.3 Å². The van der Waals surface area contributed by atoms with Crippen molar-refractivity contribution >= 4 is 22.8 Å². The molecule has 3 heterocycles. The number of aromatic nitrogens is 3. The highest BCUT2D eigenvalue weighted by atomic mass is 16.7. The number of carbonyl (C=O) groups is 1. The van der Waals surface area contributed by atoms with Crippen molar-refractivity contribution in [3.63, 3.8) is 0 Å². The van der Waals surface area contributed by atoms with Crippen LogP contribution in [0.3, 0.4) is 0 Å². The van der Waals surface area contributed by atoms with E-state index in [9.17, 15) is 4.79 Å². The van der Waals surface area contributed by atoms with Gasteiger partial charge in [0.1, 0.15) is 11.3 Å². The Kier molecular flexibility index (Phi) is 4.43. The predicted octanol–water partition coefficient (Wildman–Crippen LogP) is 3.14. The maximum atomic E-state index is 12.3. The number of rotatable bonds is 6. The molecule has 1 aliphatic rings. The number of aryl methyl sites for hydroxylation is 2. The third-order valence-electron chi connectivity index (χ3n) is 4.26. The van der Waals surface area contributed by atoms with Crippen molar-refractivity contribution in [3.05, 3.63) is 42.4 Å². The quantitative estimate of drug-likeness (QED) is 0.737. The summed E-state index contributed by atoms with van der Waals surface area (Å²) in [6.45, 7) is 3.17. The summed E-state index contributed by atoms with van der Waals surface area (Å²) in [7, 11) is 0. The van der Waals surface area contributed by atoms with Gasteiger partial charge in [-0.25, -0.2) is 9.97 Å². The summed E-state index contributed by atoms with van der Waals surface area (Å²) in [5.74, 6) is 2.18. The van der Waals surface area contributed by atoms with E-state index in [1.807, 2.05) is 18.2 Å². The van der Waals surface area contributed by atoms with Gasteiger partial charge >= 0.3 is 0 Å². The Morgan fingerprint density at radius 3 is 3.04 bits per heavy atom. The maximum Gasteiger partial charge on any atom is 0.231 e. The van der Waals surface area contributed by atoms with E-state index in [1.54, 1.807) is 18.3 Å². The van der Waals surface area contributed by atoms with E-state index in [1.165, 1.54) is 0 Å². The predicted molar refractivity (Wildman–Crippen MR) is 97.3 cm³/mol. The van der Waals surface area contributed by atoms with Gasteiger partial charge in [-0.3, -0.25) is 4.79 Å². The van der Waals surface area contributed by atoms with E-state index in [0.29, 0.717) is 30.0 Å². The molecule has 0 fully saturated rings. The fourth-order valence-electron chi connectivity index (χ4n) is 3.08. The Morgan fingerprint density at radius 1 is 1.27 bits per heavy atom. The van der Waals surface area contributed by atoms with E-state index in [0.717, 1.165) is 30.0 Å². The number of hydrogen-bond acceptors (Lipinski definition) is 5. The van der Waals surface area contributed by atoms with Crippen molar-refractivity contribution in [2.75, 3.05) is 12.1 Å². The summed E-state index contributed by atoms with van der Waals surface area (Å²) in [5, 5.41) is 2.90. The average Bonchev–Trinajstić information content (AvgIpc) is 3.25. The van der Waals surface area contributed by atoms with Gasteiger partial charge in [0.25, 0.3) is 0 Å². The summed E-state index contributed by atoms with van der Waals surface area (Å²) < 4.78 is 12.7. The number of ether oxygens (including phenoxy) is 2. The van der Waals surface area contributed by atoms with Crippen molar-refractivity contribution in [3.8, 4) is 11.5 Å². The average molecular weight is 352 g/mol. The SMILES string of the molecule is CCCn1c(CCC(=O)Nc2ccc3c(c2)OCO3)nc2cccnc21. The van der Waals surface area contributed by atoms with Crippen molar-refractivity contribution < 1.29 is 14.3 Å². The fourth-order valence-corrected chi connectivity index (χ4v) is 3.08. The number of imidazole rings is 1. The highest BCUT2D eigenvalue weighted by Gasteiger charge is 2.15. The summed E-state index contributed by atoms with van der Waals surface area (Å²) in [6.07, 6.45) is 3.67. The molecule has 26 heavy (non-hydrogen) atoms. The van der Waals surface area contributed by atoms with Crippen molar-refractivity contribution in [2.45, 2.75) is 32.7 Å². The van der Waals surface area contributed by atoms with Gasteiger partial charge in [0.15, 0.2) is 17.1 Å². The minimum Gasteiger partial charge on any atom is -0.454 e. The molecular formula is C19H20N4O3. The number of fused-ring (bicyclic) bond motifs is 2. The third-order valence-corrected chi connectivity index (χ3v) is 4.26. The lowest BCUT2D eigenvalue weighted by atomic mass is 10.2. The van der Waals surface area contributed by atoms with E-state index in [4.69, 9.17) is 9.47 Å². The molecule has 1 aliphatic heterocycles. The maximum absolute atomic E-state index is 12.3. The Labute approximate surface area is 151 Å². The topological polar surface area (TPSA) is 78.3 Å². The minimum absolute atomic E-state index is 0.0630. The number of benzene rings is 1. The van der Waals surface area contributed by atoms with Crippen molar-refractivity contribution in [1.82, 2.24) is 14.5 Å². The van der Waals surface area contributed by atoms with Crippen LogP contribution in [0.2, 0.25) is 0 Å². The van der Waals surface area contributed by atoms with Crippen molar-refractivity contribution in [2.24, 2.45) is 0 Å². The summed E-state index contributed by atoms with van der Waals surface area (Å²) in [4.78, 5) is 21.4. The van der Waals surface area contributed by atoms with Crippen LogP contribution < -0.4 is 14.8 Å². The first kappa shape index (κ1) is 16.4. The lowest BCUT2D eigenvalue weighted by Crippen LogP contribution is -2.14. The molecule has 0 unspecified atom stereocenters. The number of anilines is 1. The van der Waals surface area contributed by atoms with Gasteiger partial charge in [-0.2, -0.15) is 0 Å². The largest absolute Gasteiger partial charge is 0.454 e. The number of pyridine rings is 1. The number of amides is 1. The second-order valence-electron chi connectivity index (χ2n) is 6.14. The minimum atomic E-state index is -0.0630. The van der Waals surface area contributed by atoms with Crippen LogP contribution in [0.25, 0.3) is 11.2 Å². The molecule has 0 atom stereocenters. The molecule has 0 bridgehead atoms. The lowest BCUT2D eigenvalue weighted by Gasteiger charge is -2.08. The van der Waals surface area contributed by atoms with Crippen LogP contribution >= 0.6 is 0 Å². The number of nitrogens with one attached hydrogen (secondary N) is 1. The Morgan fingerprint density at radius 2 is 2.15 bits per heavy atom. The van der Waals surface area contributed by atoms with Crippen LogP contribution in [0, 0.1) is 0 Å². The van der Waals surface area contributed by atoms with Gasteiger partial charge in [-0.15, -0.1) is 0 Å². The Balaban J connectivity index is 1.44. The van der Waals surface area contributed by atoms with E-state index < -0.39 is 0 Å². The van der Waals surface area contributed by atoms with E-state index in [-0.39, 0.29) is 12.7 Å². The highest BCUT2D eigenvalue weighted by molar-refractivity contribution is 5.91. The molecule has 7 nitrogen and oxygen atoms in total. The molecule has 3 aromatic rings. The molecular weight excluding hydrogens is 332 g/mol. The highest BCUT2D eigenvalue weighted by Crippen LogP contribution is 2.34. The molecule has 134 valence electrons. The molecule has 0 saturated carbocycles. The first-order valence-electron chi connectivity index (χ1n) is 8.74. The second kappa shape index (κ2) is 7.03. The third kappa shape index (κ3) is 3.20. The van der Waals surface area contributed by atoms with Crippen LogP contribution in [0.15, 0.2) is 36.5 Å². The molecule has 7 heteroatoms. The summed E-state index contributed by atoms with van der Waals surface area (Å²) >= 11 is 0. The number of carbonyl (C=O) groups excluding carboxylic acids is 1.